The van der Waals surface area contributed by atoms with Crippen molar-refractivity contribution in [1.82, 2.24) is 9.97 Å². The molecule has 0 bridgehead atoms. The Morgan fingerprint density at radius 2 is 2.04 bits per heavy atom. The van der Waals surface area contributed by atoms with E-state index in [4.69, 9.17) is 22.1 Å². The van der Waals surface area contributed by atoms with Crippen molar-refractivity contribution in [2.24, 2.45) is 0 Å². The first-order valence-electron chi connectivity index (χ1n) is 7.24. The molecule has 0 atom stereocenters. The number of fused-ring (bicyclic) bond motifs is 1. The second kappa shape index (κ2) is 6.98. The molecule has 3 aromatic rings. The van der Waals surface area contributed by atoms with Gasteiger partial charge in [0, 0.05) is 10.4 Å². The molecule has 7 heteroatoms. The SMILES string of the molecule is CCOC(=O)c1cc2c(/C=C/c3ccc(Cl)cc3)nc(N)nc2s1. The number of aromatic nitrogens is 2. The van der Waals surface area contributed by atoms with E-state index in [0.29, 0.717) is 27.0 Å². The molecular formula is C17H14ClN3O2S. The molecule has 5 nitrogen and oxygen atoms in total. The molecule has 1 aromatic carbocycles. The highest BCUT2D eigenvalue weighted by atomic mass is 35.5. The molecule has 122 valence electrons. The number of hydrogen-bond donors (Lipinski definition) is 1. The van der Waals surface area contributed by atoms with Crippen LogP contribution in [-0.2, 0) is 4.74 Å². The van der Waals surface area contributed by atoms with Gasteiger partial charge >= 0.3 is 5.97 Å². The Hall–Kier alpha value is -2.44. The molecule has 0 radical (unpaired) electrons. The Kier molecular flexibility index (Phi) is 4.78. The van der Waals surface area contributed by atoms with E-state index in [2.05, 4.69) is 9.97 Å². The molecule has 2 N–H and O–H groups in total. The van der Waals surface area contributed by atoms with Gasteiger partial charge < -0.3 is 10.5 Å². The highest BCUT2D eigenvalue weighted by molar-refractivity contribution is 7.20. The standard InChI is InChI=1S/C17H14ClN3O2S/c1-2-23-16(22)14-9-12-13(20-17(19)21-15(12)24-14)8-5-10-3-6-11(18)7-4-10/h3-9H,2H2,1H3,(H2,19,20,21)/b8-5+. The summed E-state index contributed by atoms with van der Waals surface area (Å²) in [5.74, 6) is -0.206. The van der Waals surface area contributed by atoms with E-state index in [9.17, 15) is 4.79 Å². The molecule has 0 amide bonds. The van der Waals surface area contributed by atoms with E-state index in [1.807, 2.05) is 36.4 Å². The molecule has 2 aromatic heterocycles. The summed E-state index contributed by atoms with van der Waals surface area (Å²) in [4.78, 5) is 21.5. The van der Waals surface area contributed by atoms with E-state index < -0.39 is 0 Å². The predicted molar refractivity (Wildman–Crippen MR) is 98.2 cm³/mol. The van der Waals surface area contributed by atoms with Gasteiger partial charge in [-0.05, 0) is 36.8 Å². The van der Waals surface area contributed by atoms with Crippen molar-refractivity contribution >= 4 is 57.2 Å². The number of hydrogen-bond acceptors (Lipinski definition) is 6. The van der Waals surface area contributed by atoms with Crippen LogP contribution in [0.1, 0.15) is 27.9 Å². The number of ether oxygens (including phenoxy) is 1. The smallest absolute Gasteiger partial charge is 0.348 e. The molecule has 0 aliphatic carbocycles. The van der Waals surface area contributed by atoms with Gasteiger partial charge in [0.25, 0.3) is 0 Å². The number of anilines is 1. The second-order valence-corrected chi connectivity index (χ2v) is 6.37. The molecule has 0 spiro atoms. The van der Waals surface area contributed by atoms with Crippen LogP contribution in [0.5, 0.6) is 0 Å². The van der Waals surface area contributed by atoms with Crippen molar-refractivity contribution in [2.75, 3.05) is 12.3 Å². The van der Waals surface area contributed by atoms with Crippen LogP contribution in [0.2, 0.25) is 5.02 Å². The lowest BCUT2D eigenvalue weighted by Gasteiger charge is -1.98. The molecule has 24 heavy (non-hydrogen) atoms. The number of esters is 1. The molecule has 2 heterocycles. The van der Waals surface area contributed by atoms with Crippen molar-refractivity contribution in [3.8, 4) is 0 Å². The van der Waals surface area contributed by atoms with Crippen molar-refractivity contribution in [1.29, 1.82) is 0 Å². The summed E-state index contributed by atoms with van der Waals surface area (Å²) in [6.45, 7) is 2.09. The average molecular weight is 360 g/mol. The summed E-state index contributed by atoms with van der Waals surface area (Å²) in [6, 6.07) is 9.17. The summed E-state index contributed by atoms with van der Waals surface area (Å²) in [6.07, 6.45) is 3.74. The second-order valence-electron chi connectivity index (χ2n) is 4.90. The summed E-state index contributed by atoms with van der Waals surface area (Å²) < 4.78 is 5.03. The minimum Gasteiger partial charge on any atom is -0.462 e. The van der Waals surface area contributed by atoms with Gasteiger partial charge in [0.05, 0.1) is 12.3 Å². The maximum Gasteiger partial charge on any atom is 0.348 e. The van der Waals surface area contributed by atoms with Crippen LogP contribution in [0.25, 0.3) is 22.4 Å². The third kappa shape index (κ3) is 3.55. The summed E-state index contributed by atoms with van der Waals surface area (Å²) in [7, 11) is 0. The molecule has 0 unspecified atom stereocenters. The van der Waals surface area contributed by atoms with E-state index >= 15 is 0 Å². The first-order valence-corrected chi connectivity index (χ1v) is 8.44. The van der Waals surface area contributed by atoms with Gasteiger partial charge in [0.15, 0.2) is 0 Å². The van der Waals surface area contributed by atoms with Gasteiger partial charge in [0.1, 0.15) is 9.71 Å². The van der Waals surface area contributed by atoms with Crippen LogP contribution in [0.3, 0.4) is 0 Å². The lowest BCUT2D eigenvalue weighted by Crippen LogP contribution is -2.01. The van der Waals surface area contributed by atoms with Gasteiger partial charge in [-0.3, -0.25) is 0 Å². The maximum atomic E-state index is 11.9. The van der Waals surface area contributed by atoms with Crippen LogP contribution in [-0.4, -0.2) is 22.5 Å². The quantitative estimate of drug-likeness (QED) is 0.703. The van der Waals surface area contributed by atoms with Crippen molar-refractivity contribution in [3.05, 3.63) is 51.5 Å². The Balaban J connectivity index is 2.00. The Bertz CT molecular complexity index is 919. The molecule has 3 rings (SSSR count). The fourth-order valence-corrected chi connectivity index (χ4v) is 3.21. The van der Waals surface area contributed by atoms with Gasteiger partial charge in [-0.25, -0.2) is 14.8 Å². The normalized spacial score (nSPS) is 11.2. The number of nitrogens with two attached hydrogens (primary N) is 1. The summed E-state index contributed by atoms with van der Waals surface area (Å²) in [5, 5.41) is 1.44. The van der Waals surface area contributed by atoms with Gasteiger partial charge in [-0.1, -0.05) is 29.8 Å². The number of nitrogens with zero attached hydrogens (tertiary/aromatic N) is 2. The topological polar surface area (TPSA) is 78.1 Å². The maximum absolute atomic E-state index is 11.9. The Morgan fingerprint density at radius 1 is 1.29 bits per heavy atom. The van der Waals surface area contributed by atoms with E-state index in [0.717, 1.165) is 10.9 Å². The Labute approximate surface area is 147 Å². The van der Waals surface area contributed by atoms with E-state index in [1.165, 1.54) is 11.3 Å². The first kappa shape index (κ1) is 16.4. The van der Waals surface area contributed by atoms with Crippen molar-refractivity contribution in [3.63, 3.8) is 0 Å². The minimum atomic E-state index is -0.369. The number of benzene rings is 1. The molecule has 0 saturated heterocycles. The molecule has 0 fully saturated rings. The van der Waals surface area contributed by atoms with Crippen LogP contribution in [0.15, 0.2) is 30.3 Å². The number of thiophene rings is 1. The first-order chi connectivity index (χ1) is 11.6. The molecule has 0 aliphatic rings. The van der Waals surface area contributed by atoms with Crippen molar-refractivity contribution in [2.45, 2.75) is 6.92 Å². The van der Waals surface area contributed by atoms with Crippen LogP contribution < -0.4 is 5.73 Å². The summed E-state index contributed by atoms with van der Waals surface area (Å²) in [5.41, 5.74) is 7.40. The van der Waals surface area contributed by atoms with Crippen LogP contribution in [0, 0.1) is 0 Å². The zero-order chi connectivity index (χ0) is 17.1. The van der Waals surface area contributed by atoms with E-state index in [-0.39, 0.29) is 11.9 Å². The zero-order valence-electron chi connectivity index (χ0n) is 12.8. The monoisotopic (exact) mass is 359 g/mol. The fraction of sp³-hybridized carbons (Fsp3) is 0.118. The molecule has 0 aliphatic heterocycles. The van der Waals surface area contributed by atoms with Crippen LogP contribution in [0.4, 0.5) is 5.95 Å². The number of carbonyl (C=O) groups excluding carboxylic acids is 1. The minimum absolute atomic E-state index is 0.163. The third-order valence-electron chi connectivity index (χ3n) is 3.22. The number of nitrogen functional groups attached to an aromatic ring is 1. The zero-order valence-corrected chi connectivity index (χ0v) is 14.4. The van der Waals surface area contributed by atoms with Gasteiger partial charge in [-0.15, -0.1) is 11.3 Å². The predicted octanol–water partition coefficient (Wildman–Crippen LogP) is 4.27. The van der Waals surface area contributed by atoms with Gasteiger partial charge in [0.2, 0.25) is 5.95 Å². The third-order valence-corrected chi connectivity index (χ3v) is 4.48. The summed E-state index contributed by atoms with van der Waals surface area (Å²) >= 11 is 7.12. The lowest BCUT2D eigenvalue weighted by molar-refractivity contribution is 0.0532. The highest BCUT2D eigenvalue weighted by Gasteiger charge is 2.15. The van der Waals surface area contributed by atoms with Crippen molar-refractivity contribution < 1.29 is 9.53 Å². The number of carbonyl (C=O) groups is 1. The number of halogens is 1. The van der Waals surface area contributed by atoms with Crippen LogP contribution >= 0.6 is 22.9 Å². The highest BCUT2D eigenvalue weighted by Crippen LogP contribution is 2.28. The average Bonchev–Trinajstić information content (AvgIpc) is 2.98. The molecule has 0 saturated carbocycles. The Morgan fingerprint density at radius 3 is 2.75 bits per heavy atom. The molecular weight excluding hydrogens is 346 g/mol. The fourth-order valence-electron chi connectivity index (χ4n) is 2.14. The largest absolute Gasteiger partial charge is 0.462 e. The lowest BCUT2D eigenvalue weighted by atomic mass is 10.2. The van der Waals surface area contributed by atoms with E-state index in [1.54, 1.807) is 13.0 Å². The van der Waals surface area contributed by atoms with Gasteiger partial charge in [-0.2, -0.15) is 0 Å². The number of rotatable bonds is 4.